The predicted octanol–water partition coefficient (Wildman–Crippen LogP) is 4.14. The van der Waals surface area contributed by atoms with Gasteiger partial charge in [-0.3, -0.25) is 9.59 Å². The monoisotopic (exact) mass is 519 g/mol. The fourth-order valence-corrected chi connectivity index (χ4v) is 7.05. The summed E-state index contributed by atoms with van der Waals surface area (Å²) in [4.78, 5) is 26.8. The first-order valence-corrected chi connectivity index (χ1v) is 12.0. The average molecular weight is 519 g/mol. The number of hydrogen-bond acceptors (Lipinski definition) is 9. The van der Waals surface area contributed by atoms with Gasteiger partial charge in [0.2, 0.25) is 0 Å². The van der Waals surface area contributed by atoms with Crippen molar-refractivity contribution in [1.29, 1.82) is 0 Å². The van der Waals surface area contributed by atoms with E-state index in [1.54, 1.807) is 6.92 Å². The number of nitrogen functional groups attached to an aromatic ring is 1. The molecule has 0 aliphatic rings. The Morgan fingerprint density at radius 2 is 1.00 bits per heavy atom. The van der Waals surface area contributed by atoms with Crippen molar-refractivity contribution in [2.24, 2.45) is 0 Å². The molecule has 9 heteroatoms. The number of nitrogens with two attached hydrogens (primary N) is 1. The van der Waals surface area contributed by atoms with Crippen LogP contribution in [0.2, 0.25) is 0 Å². The standard InChI is InChI=1S/C30H17NO8/c1-7-2-10(33)20-23-15(7)16-8(6-32)3-11(34)21-24(16)28-25-17(29(21)38)9(31)4-12(35)18(25)19-13(36)5-14(37)22(30(20)39)26(19)27(23)28/h2-5,32,35-39H,6,31H2,1H3. The van der Waals surface area contributed by atoms with Crippen molar-refractivity contribution < 1.29 is 30.6 Å². The third kappa shape index (κ3) is 2.12. The van der Waals surface area contributed by atoms with Crippen LogP contribution in [0.4, 0.5) is 5.69 Å². The van der Waals surface area contributed by atoms with Crippen LogP contribution in [-0.4, -0.2) is 30.6 Å². The molecule has 8 aromatic rings. The van der Waals surface area contributed by atoms with Gasteiger partial charge in [0.15, 0.2) is 10.9 Å². The number of fused-ring (bicyclic) bond motifs is 2. The van der Waals surface area contributed by atoms with Gasteiger partial charge in [-0.05, 0) is 41.0 Å². The Labute approximate surface area is 215 Å². The van der Waals surface area contributed by atoms with Gasteiger partial charge < -0.3 is 36.4 Å². The number of aliphatic hydroxyl groups excluding tert-OH is 1. The van der Waals surface area contributed by atoms with Gasteiger partial charge in [0.1, 0.15) is 28.7 Å². The molecule has 0 amide bonds. The molecule has 8 aromatic carbocycles. The van der Waals surface area contributed by atoms with Gasteiger partial charge in [-0.15, -0.1) is 0 Å². The summed E-state index contributed by atoms with van der Waals surface area (Å²) in [6.45, 7) is 1.16. The van der Waals surface area contributed by atoms with Crippen molar-refractivity contribution in [3.63, 3.8) is 0 Å². The Hall–Kier alpha value is -5.28. The first kappa shape index (κ1) is 21.8. The maximum absolute atomic E-state index is 13.4. The van der Waals surface area contributed by atoms with Crippen molar-refractivity contribution in [3.8, 4) is 28.7 Å². The van der Waals surface area contributed by atoms with Crippen LogP contribution in [0.15, 0.2) is 33.9 Å². The minimum absolute atomic E-state index is 0.0263. The van der Waals surface area contributed by atoms with Gasteiger partial charge in [-0.25, -0.2) is 0 Å². The zero-order valence-corrected chi connectivity index (χ0v) is 20.1. The van der Waals surface area contributed by atoms with E-state index in [1.807, 2.05) is 0 Å². The molecular formula is C30H17NO8. The van der Waals surface area contributed by atoms with E-state index in [1.165, 1.54) is 18.2 Å². The number of hydrogen-bond donors (Lipinski definition) is 7. The lowest BCUT2D eigenvalue weighted by atomic mass is 9.77. The number of phenols is 5. The van der Waals surface area contributed by atoms with E-state index in [0.717, 1.165) is 6.07 Å². The number of rotatable bonds is 1. The molecule has 8 rings (SSSR count). The number of aromatic hydroxyl groups is 5. The van der Waals surface area contributed by atoms with Crippen LogP contribution >= 0.6 is 0 Å². The van der Waals surface area contributed by atoms with Crippen LogP contribution < -0.4 is 16.6 Å². The highest BCUT2D eigenvalue weighted by atomic mass is 16.3. The number of aliphatic hydroxyl groups is 1. The summed E-state index contributed by atoms with van der Waals surface area (Å²) < 4.78 is 0. The van der Waals surface area contributed by atoms with E-state index < -0.39 is 40.5 Å². The van der Waals surface area contributed by atoms with Gasteiger partial charge in [0, 0.05) is 66.3 Å². The predicted molar refractivity (Wildman–Crippen MR) is 150 cm³/mol. The Balaban J connectivity index is 2.03. The van der Waals surface area contributed by atoms with Crippen LogP contribution in [0.25, 0.3) is 75.4 Å². The number of anilines is 1. The smallest absolute Gasteiger partial charge is 0.190 e. The minimum Gasteiger partial charge on any atom is -0.507 e. The highest BCUT2D eigenvalue weighted by Gasteiger charge is 2.33. The van der Waals surface area contributed by atoms with Crippen LogP contribution in [0.3, 0.4) is 0 Å². The van der Waals surface area contributed by atoms with Crippen LogP contribution in [-0.2, 0) is 6.61 Å². The van der Waals surface area contributed by atoms with Gasteiger partial charge in [-0.2, -0.15) is 0 Å². The third-order valence-corrected chi connectivity index (χ3v) is 8.35. The van der Waals surface area contributed by atoms with Crippen molar-refractivity contribution >= 4 is 81.1 Å². The summed E-state index contributed by atoms with van der Waals surface area (Å²) in [5.41, 5.74) is 5.92. The van der Waals surface area contributed by atoms with Crippen LogP contribution in [0.5, 0.6) is 28.7 Å². The third-order valence-electron chi connectivity index (χ3n) is 8.35. The summed E-state index contributed by atoms with van der Waals surface area (Å²) in [6, 6.07) is 4.76. The highest BCUT2D eigenvalue weighted by Crippen LogP contribution is 2.59. The fourth-order valence-electron chi connectivity index (χ4n) is 7.05. The average Bonchev–Trinajstić information content (AvgIpc) is 2.86. The maximum Gasteiger partial charge on any atom is 0.190 e. The molecule has 0 saturated heterocycles. The van der Waals surface area contributed by atoms with Crippen molar-refractivity contribution in [3.05, 3.63) is 55.8 Å². The van der Waals surface area contributed by atoms with Gasteiger partial charge >= 0.3 is 0 Å². The largest absolute Gasteiger partial charge is 0.507 e. The molecule has 0 saturated carbocycles. The maximum atomic E-state index is 13.4. The zero-order valence-electron chi connectivity index (χ0n) is 20.1. The van der Waals surface area contributed by atoms with Crippen molar-refractivity contribution in [2.45, 2.75) is 13.5 Å². The Bertz CT molecular complexity index is 2540. The minimum atomic E-state index is -0.570. The molecule has 0 aromatic heterocycles. The van der Waals surface area contributed by atoms with E-state index >= 15 is 0 Å². The van der Waals surface area contributed by atoms with Crippen molar-refractivity contribution in [2.75, 3.05) is 5.73 Å². The lowest BCUT2D eigenvalue weighted by molar-refractivity contribution is 0.283. The summed E-state index contributed by atoms with van der Waals surface area (Å²) in [5, 5.41) is 69.0. The molecule has 0 unspecified atom stereocenters. The molecular weight excluding hydrogens is 502 g/mol. The van der Waals surface area contributed by atoms with Gasteiger partial charge in [-0.1, -0.05) is 0 Å². The molecule has 0 aliphatic heterocycles. The Kier molecular flexibility index (Phi) is 3.57. The first-order valence-electron chi connectivity index (χ1n) is 12.0. The molecule has 190 valence electrons. The first-order chi connectivity index (χ1) is 18.6. The van der Waals surface area contributed by atoms with E-state index in [4.69, 9.17) is 5.73 Å². The second kappa shape index (κ2) is 6.40. The van der Waals surface area contributed by atoms with E-state index in [0.29, 0.717) is 32.5 Å². The molecule has 0 fully saturated rings. The lowest BCUT2D eigenvalue weighted by Gasteiger charge is -2.26. The fraction of sp³-hybridized carbons (Fsp3) is 0.0667. The number of aryl methyl sites for hydroxylation is 1. The summed E-state index contributed by atoms with van der Waals surface area (Å²) >= 11 is 0. The molecule has 0 aliphatic carbocycles. The quantitative estimate of drug-likeness (QED) is 0.0952. The summed E-state index contributed by atoms with van der Waals surface area (Å²) in [5.74, 6) is -2.19. The van der Waals surface area contributed by atoms with Gasteiger partial charge in [0.05, 0.1) is 22.8 Å². The Morgan fingerprint density at radius 1 is 0.538 bits per heavy atom. The normalized spacial score (nSPS) is 12.8. The second-order valence-electron chi connectivity index (χ2n) is 10.2. The van der Waals surface area contributed by atoms with E-state index in [-0.39, 0.29) is 65.5 Å². The molecule has 0 spiro atoms. The summed E-state index contributed by atoms with van der Waals surface area (Å²) in [7, 11) is 0. The Morgan fingerprint density at radius 3 is 1.64 bits per heavy atom. The molecule has 9 nitrogen and oxygen atoms in total. The molecule has 0 atom stereocenters. The number of benzene rings is 8. The van der Waals surface area contributed by atoms with Crippen LogP contribution in [0, 0.1) is 6.92 Å². The molecule has 39 heavy (non-hydrogen) atoms. The van der Waals surface area contributed by atoms with E-state index in [9.17, 15) is 40.2 Å². The van der Waals surface area contributed by atoms with E-state index in [2.05, 4.69) is 0 Å². The van der Waals surface area contributed by atoms with Crippen molar-refractivity contribution in [1.82, 2.24) is 0 Å². The highest BCUT2D eigenvalue weighted by molar-refractivity contribution is 6.52. The van der Waals surface area contributed by atoms with Gasteiger partial charge in [0.25, 0.3) is 0 Å². The van der Waals surface area contributed by atoms with Crippen LogP contribution in [0.1, 0.15) is 11.1 Å². The molecule has 0 bridgehead atoms. The lowest BCUT2D eigenvalue weighted by Crippen LogP contribution is -2.10. The topological polar surface area (TPSA) is 182 Å². The molecule has 0 radical (unpaired) electrons. The summed E-state index contributed by atoms with van der Waals surface area (Å²) in [6.07, 6.45) is 0. The number of phenolic OH excluding ortho intramolecular Hbond substituents is 5. The zero-order chi connectivity index (χ0) is 27.4. The SMILES string of the molecule is Cc1cc(=O)c2c(O)c3c(O)cc(O)c4c5c(O)cc(N)c6c(O)c7c(=O)cc(CO)c8c1c2c(c34)c(c65)c78. The second-order valence-corrected chi connectivity index (χ2v) is 10.2. The molecule has 8 N–H and O–H groups in total. The molecule has 0 heterocycles.